The maximum absolute atomic E-state index is 6.32. The van der Waals surface area contributed by atoms with Gasteiger partial charge in [-0.05, 0) is 457 Å². The van der Waals surface area contributed by atoms with Gasteiger partial charge in [-0.1, -0.05) is 269 Å². The maximum Gasteiger partial charge on any atom is 0.136 e. The first-order valence-corrected chi connectivity index (χ1v) is 50.0. The summed E-state index contributed by atoms with van der Waals surface area (Å²) in [6.45, 7) is 4.80. The van der Waals surface area contributed by atoms with Gasteiger partial charge in [0, 0.05) is 37.7 Å². The number of furan rings is 3. The third-order valence-corrected chi connectivity index (χ3v) is 26.5. The number of rotatable bonds is 0. The molecule has 0 saturated carbocycles. The van der Waals surface area contributed by atoms with Crippen LogP contribution in [-0.2, 0) is 56.8 Å². The summed E-state index contributed by atoms with van der Waals surface area (Å²) in [6, 6.07) is 107. The van der Waals surface area contributed by atoms with Gasteiger partial charge in [0.1, 0.15) is 33.5 Å². The Balaban J connectivity index is 0.000000118. The Labute approximate surface area is 843 Å². The highest BCUT2D eigenvalue weighted by molar-refractivity contribution is 6.21. The predicted octanol–water partition coefficient (Wildman–Crippen LogP) is 28.7. The van der Waals surface area contributed by atoms with E-state index >= 15 is 0 Å². The van der Waals surface area contributed by atoms with Crippen LogP contribution in [0.5, 0.6) is 0 Å². The molecule has 3 heterocycles. The van der Waals surface area contributed by atoms with E-state index in [-0.39, 0.29) is 5.41 Å². The molecule has 19 aromatic rings. The number of hydrogen-bond acceptors (Lipinski definition) is 11. The Morgan fingerprint density at radius 2 is 0.324 bits per heavy atom. The van der Waals surface area contributed by atoms with E-state index in [1.165, 1.54) is 233 Å². The summed E-state index contributed by atoms with van der Waals surface area (Å²) in [5, 5.41) is 7.85. The van der Waals surface area contributed by atoms with E-state index in [2.05, 4.69) is 305 Å². The van der Waals surface area contributed by atoms with Crippen LogP contribution < -0.4 is 0 Å². The molecule has 0 atom stereocenters. The Morgan fingerprint density at radius 3 is 0.549 bits per heavy atom. The lowest BCUT2D eigenvalue weighted by molar-refractivity contribution is 0.505. The van der Waals surface area contributed by atoms with Crippen molar-refractivity contribution in [2.45, 2.75) is 70.6 Å². The molecule has 724 valence electrons. The van der Waals surface area contributed by atoms with Crippen LogP contribution in [0.4, 0.5) is 0 Å². The molecule has 142 heavy (non-hydrogen) atoms. The van der Waals surface area contributed by atoms with Gasteiger partial charge >= 0.3 is 0 Å². The van der Waals surface area contributed by atoms with E-state index in [0.717, 1.165) is 84.9 Å². The van der Waals surface area contributed by atoms with Crippen molar-refractivity contribution in [1.29, 1.82) is 0 Å². The predicted molar refractivity (Wildman–Crippen MR) is 608 cm³/mol. The third-order valence-electron chi connectivity index (χ3n) is 26.5. The summed E-state index contributed by atoms with van der Waals surface area (Å²) in [5.41, 5.74) is 57.3. The maximum atomic E-state index is 6.32. The van der Waals surface area contributed by atoms with Crippen LogP contribution in [0, 0.1) is 0 Å². The zero-order chi connectivity index (χ0) is 101. The molecule has 16 aromatic carbocycles. The summed E-state index contributed by atoms with van der Waals surface area (Å²) in [5.74, 6) is 0. The van der Waals surface area contributed by atoms with Crippen LogP contribution in [0.2, 0.25) is 0 Å². The third kappa shape index (κ3) is 20.2. The first-order chi connectivity index (χ1) is 68.1. The van der Waals surface area contributed by atoms with Crippen LogP contribution >= 0.6 is 0 Å². The minimum Gasteiger partial charge on any atom is -0.456 e. The molecule has 0 fully saturated rings. The van der Waals surface area contributed by atoms with Crippen molar-refractivity contribution in [3.63, 3.8) is 0 Å². The van der Waals surface area contributed by atoms with Crippen LogP contribution in [0.25, 0.3) is 166 Å². The zero-order valence-electron chi connectivity index (χ0n) is 88.7. The minimum absolute atomic E-state index is 0.0315. The highest BCUT2D eigenvalue weighted by Crippen LogP contribution is 2.61. The van der Waals surface area contributed by atoms with Gasteiger partial charge < -0.3 is 52.5 Å². The molecule has 0 N–H and O–H groups in total. The summed E-state index contributed by atoms with van der Waals surface area (Å²) < 4.78 is 19.0. The minimum atomic E-state index is 0.0315. The summed E-state index contributed by atoms with van der Waals surface area (Å²) >= 11 is 0. The lowest BCUT2D eigenvalue weighted by Gasteiger charge is -2.22. The molecule has 28 rings (SSSR count). The fourth-order valence-corrected chi connectivity index (χ4v) is 21.8. The second-order valence-corrected chi connectivity index (χ2v) is 43.2. The first kappa shape index (κ1) is 100. The highest BCUT2D eigenvalue weighted by Gasteiger charge is 2.43. The molecule has 0 radical (unpaired) electrons. The number of benzene rings is 16. The SMILES string of the molecule is CC1(C)c2ccc3c(c2-c2c1ccc1c2-c2ccccc2C1)-c1ccccc1C3.CN(C)C.CN(C)C.CN(C)C.CN(C)C.CN(C)C.CN(C)C.CN(C)C.CN(C)C.c1ccc2c(c1)Cc1c-2ccc2oc3ccc4c(c3c12)-c1ccccc1C4.c1ccc2c(c1)Cc1c-2ccc2oc3ccc4c(c3c12)-c1ccccc1C4.c1ccc2c(c1)Cc1c-2ccc2oc3ccc4c(c3c12)-c1ccccc1C4. The van der Waals surface area contributed by atoms with E-state index in [9.17, 15) is 0 Å². The van der Waals surface area contributed by atoms with Gasteiger partial charge in [0.25, 0.3) is 0 Å². The van der Waals surface area contributed by atoms with Gasteiger partial charge in [-0.25, -0.2) is 0 Å². The number of hydrogen-bond donors (Lipinski definition) is 0. The fourth-order valence-electron chi connectivity index (χ4n) is 21.8. The van der Waals surface area contributed by atoms with Crippen LogP contribution in [-0.4, -0.2) is 208 Å². The normalized spacial score (nSPS) is 13.1. The molecular weight excluding hydrogens is 1730 g/mol. The quantitative estimate of drug-likeness (QED) is 0.146. The first-order valence-electron chi connectivity index (χ1n) is 50.0. The van der Waals surface area contributed by atoms with Crippen molar-refractivity contribution in [3.05, 3.63) is 391 Å². The van der Waals surface area contributed by atoms with Crippen molar-refractivity contribution < 1.29 is 13.3 Å². The Hall–Kier alpha value is -13.4. The fraction of sp³-hybridized carbons (Fsp3) is 0.267. The second-order valence-electron chi connectivity index (χ2n) is 43.2. The van der Waals surface area contributed by atoms with Crippen molar-refractivity contribution in [2.75, 3.05) is 169 Å². The number of nitrogens with zero attached hydrogens (tertiary/aromatic N) is 8. The molecular formula is C131H142N8O3. The van der Waals surface area contributed by atoms with Crippen LogP contribution in [0.1, 0.15) is 114 Å². The van der Waals surface area contributed by atoms with E-state index in [1.54, 1.807) is 0 Å². The molecule has 3 aromatic heterocycles. The Bertz CT molecular complexity index is 7170. The van der Waals surface area contributed by atoms with E-state index in [0.29, 0.717) is 0 Å². The lowest BCUT2D eigenvalue weighted by Crippen LogP contribution is -2.15. The average Bonchev–Trinajstić information content (AvgIpc) is 1.53. The molecule has 0 unspecified atom stereocenters. The van der Waals surface area contributed by atoms with Crippen molar-refractivity contribution in [2.24, 2.45) is 0 Å². The van der Waals surface area contributed by atoms with Crippen LogP contribution in [0.3, 0.4) is 0 Å². The van der Waals surface area contributed by atoms with E-state index in [1.807, 2.05) is 208 Å². The summed E-state index contributed by atoms with van der Waals surface area (Å²) in [6.07, 6.45) is 8.13. The van der Waals surface area contributed by atoms with E-state index in [4.69, 9.17) is 13.3 Å². The number of fused-ring (bicyclic) bond motifs is 44. The van der Waals surface area contributed by atoms with Gasteiger partial charge in [0.2, 0.25) is 0 Å². The van der Waals surface area contributed by atoms with Gasteiger partial charge in [0.15, 0.2) is 0 Å². The topological polar surface area (TPSA) is 65.3 Å². The van der Waals surface area contributed by atoms with Gasteiger partial charge in [-0.15, -0.1) is 0 Å². The highest BCUT2D eigenvalue weighted by atomic mass is 16.3. The molecule has 11 nitrogen and oxygen atoms in total. The van der Waals surface area contributed by atoms with Crippen molar-refractivity contribution in [1.82, 2.24) is 39.2 Å². The van der Waals surface area contributed by atoms with E-state index < -0.39 is 0 Å². The zero-order valence-corrected chi connectivity index (χ0v) is 88.7. The molecule has 9 aliphatic rings. The monoisotopic (exact) mass is 1880 g/mol. The molecule has 0 aliphatic heterocycles. The molecule has 9 aliphatic carbocycles. The largest absolute Gasteiger partial charge is 0.456 e. The van der Waals surface area contributed by atoms with Crippen molar-refractivity contribution in [3.8, 4) is 100 Å². The molecule has 0 bridgehead atoms. The summed E-state index contributed by atoms with van der Waals surface area (Å²) in [4.78, 5) is 16.0. The Morgan fingerprint density at radius 1 is 0.155 bits per heavy atom. The van der Waals surface area contributed by atoms with Crippen molar-refractivity contribution >= 4 is 65.8 Å². The molecule has 0 amide bonds. The molecule has 0 spiro atoms. The second kappa shape index (κ2) is 42.4. The smallest absolute Gasteiger partial charge is 0.136 e. The average molecular weight is 1880 g/mol. The van der Waals surface area contributed by atoms with Gasteiger partial charge in [-0.3, -0.25) is 0 Å². The Kier molecular flexibility index (Phi) is 29.9. The lowest BCUT2D eigenvalue weighted by atomic mass is 9.81. The van der Waals surface area contributed by atoms with Gasteiger partial charge in [-0.2, -0.15) is 0 Å². The van der Waals surface area contributed by atoms with Crippen LogP contribution in [0.15, 0.2) is 304 Å². The van der Waals surface area contributed by atoms with Gasteiger partial charge in [0.05, 0.1) is 0 Å². The standard InChI is InChI=1S/C29H22.3C26H16O.8C3H9N/c1-29(2)23-13-11-19-15-17-7-3-5-9-21(17)25(19)27(23)28-24(29)14-12-20-16-18-8-4-6-10-22(18)26(20)28;3*1-3-7-18-16(6-1)14-21-20(18)10-12-22-25(21)26-23(27-22)11-9-17-13-15-5-2-4-8-19(15)24(17)26;8*1-4(2)3/h3-14H,15-16H2,1-2H3;3*1-12H,13-14H2;8*1-3H3. The molecule has 0 saturated heterocycles. The summed E-state index contributed by atoms with van der Waals surface area (Å²) in [7, 11) is 48.0. The molecule has 11 heteroatoms.